The van der Waals surface area contributed by atoms with E-state index in [1.165, 1.54) is 5.56 Å². The number of hydrogen-bond acceptors (Lipinski definition) is 2. The van der Waals surface area contributed by atoms with Gasteiger partial charge in [0.1, 0.15) is 0 Å². The first kappa shape index (κ1) is 21.2. The minimum absolute atomic E-state index is 0.00890. The van der Waals surface area contributed by atoms with Gasteiger partial charge in [0, 0.05) is 5.54 Å². The van der Waals surface area contributed by atoms with Gasteiger partial charge in [-0.1, -0.05) is 36.8 Å². The molecule has 2 atom stereocenters. The number of likely N-dealkylation sites (N-methyl/N-ethyl adjacent to an activating group) is 1. The lowest BCUT2D eigenvalue weighted by atomic mass is 10.0. The van der Waals surface area contributed by atoms with Gasteiger partial charge >= 0.3 is 0 Å². The third-order valence-electron chi connectivity index (χ3n) is 4.06. The molecule has 0 aliphatic rings. The fourth-order valence-electron chi connectivity index (χ4n) is 2.69. The first-order valence-corrected chi connectivity index (χ1v) is 9.15. The third kappa shape index (κ3) is 8.16. The summed E-state index contributed by atoms with van der Waals surface area (Å²) >= 11 is 0. The zero-order valence-electron chi connectivity index (χ0n) is 16.5. The summed E-state index contributed by atoms with van der Waals surface area (Å²) in [5.41, 5.74) is 2.07. The van der Waals surface area contributed by atoms with Gasteiger partial charge in [0.25, 0.3) is 11.8 Å². The van der Waals surface area contributed by atoms with Gasteiger partial charge in [-0.15, -0.1) is 0 Å². The Morgan fingerprint density at radius 3 is 2.08 bits per heavy atom. The molecule has 3 N–H and O–H groups in total. The Morgan fingerprint density at radius 1 is 1.04 bits per heavy atom. The topological polar surface area (TPSA) is 62.6 Å². The van der Waals surface area contributed by atoms with E-state index < -0.39 is 0 Å². The number of nitrogens with one attached hydrogen (secondary N) is 3. The average molecular weight is 349 g/mol. The van der Waals surface area contributed by atoms with Crippen LogP contribution in [-0.2, 0) is 9.59 Å². The van der Waals surface area contributed by atoms with E-state index in [2.05, 4.69) is 48.7 Å². The smallest absolute Gasteiger partial charge is 0.275 e. The number of rotatable bonds is 8. The summed E-state index contributed by atoms with van der Waals surface area (Å²) in [6, 6.07) is 8.25. The molecule has 5 heteroatoms. The van der Waals surface area contributed by atoms with Crippen LogP contribution in [0.3, 0.4) is 0 Å². The second-order valence-electron chi connectivity index (χ2n) is 7.69. The SMILES string of the molecule is CC[C@@H](NC(=O)C[NH+](CC)CC(=O)NC(C)(C)C)c1ccc(C)cc1. The minimum Gasteiger partial charge on any atom is -0.347 e. The monoisotopic (exact) mass is 348 g/mol. The zero-order chi connectivity index (χ0) is 19.0. The number of aryl methyl sites for hydroxylation is 1. The zero-order valence-corrected chi connectivity index (χ0v) is 16.5. The van der Waals surface area contributed by atoms with Gasteiger partial charge in [0.2, 0.25) is 0 Å². The second kappa shape index (κ2) is 9.56. The van der Waals surface area contributed by atoms with E-state index in [0.29, 0.717) is 13.1 Å². The van der Waals surface area contributed by atoms with Crippen LogP contribution in [-0.4, -0.2) is 37.0 Å². The molecule has 140 valence electrons. The van der Waals surface area contributed by atoms with E-state index in [9.17, 15) is 9.59 Å². The maximum absolute atomic E-state index is 12.4. The van der Waals surface area contributed by atoms with E-state index in [-0.39, 0.29) is 23.4 Å². The van der Waals surface area contributed by atoms with Crippen molar-refractivity contribution < 1.29 is 14.5 Å². The van der Waals surface area contributed by atoms with Gasteiger partial charge in [0.15, 0.2) is 13.1 Å². The third-order valence-corrected chi connectivity index (χ3v) is 4.06. The lowest BCUT2D eigenvalue weighted by Crippen LogP contribution is -3.14. The van der Waals surface area contributed by atoms with Crippen molar-refractivity contribution in [2.24, 2.45) is 0 Å². The first-order valence-electron chi connectivity index (χ1n) is 9.15. The van der Waals surface area contributed by atoms with Crippen LogP contribution in [0.25, 0.3) is 0 Å². The molecular formula is C20H34N3O2+. The number of hydrogen-bond donors (Lipinski definition) is 3. The van der Waals surface area contributed by atoms with Gasteiger partial charge in [-0.2, -0.15) is 0 Å². The van der Waals surface area contributed by atoms with E-state index in [1.807, 2.05) is 27.7 Å². The molecule has 1 rings (SSSR count). The highest BCUT2D eigenvalue weighted by Crippen LogP contribution is 2.16. The predicted octanol–water partition coefficient (Wildman–Crippen LogP) is 1.38. The molecule has 1 aromatic carbocycles. The van der Waals surface area contributed by atoms with Crippen LogP contribution in [0.5, 0.6) is 0 Å². The van der Waals surface area contributed by atoms with Crippen LogP contribution in [0, 0.1) is 6.92 Å². The highest BCUT2D eigenvalue weighted by molar-refractivity contribution is 5.79. The molecule has 1 unspecified atom stereocenters. The summed E-state index contributed by atoms with van der Waals surface area (Å²) in [6.45, 7) is 13.3. The summed E-state index contributed by atoms with van der Waals surface area (Å²) < 4.78 is 0. The van der Waals surface area contributed by atoms with Crippen LogP contribution in [0.2, 0.25) is 0 Å². The molecule has 0 radical (unpaired) electrons. The first-order chi connectivity index (χ1) is 11.6. The lowest BCUT2D eigenvalue weighted by Gasteiger charge is -2.24. The molecule has 0 heterocycles. The van der Waals surface area contributed by atoms with Crippen molar-refractivity contribution in [1.29, 1.82) is 0 Å². The Hall–Kier alpha value is -1.88. The number of quaternary nitrogens is 1. The molecule has 0 aliphatic carbocycles. The molecule has 0 aliphatic heterocycles. The Balaban J connectivity index is 2.59. The predicted molar refractivity (Wildman–Crippen MR) is 101 cm³/mol. The van der Waals surface area contributed by atoms with Gasteiger partial charge in [-0.05, 0) is 46.6 Å². The largest absolute Gasteiger partial charge is 0.347 e. The fraction of sp³-hybridized carbons (Fsp3) is 0.600. The van der Waals surface area contributed by atoms with Crippen molar-refractivity contribution in [3.63, 3.8) is 0 Å². The maximum atomic E-state index is 12.4. The van der Waals surface area contributed by atoms with Crippen LogP contribution in [0.15, 0.2) is 24.3 Å². The van der Waals surface area contributed by atoms with Crippen LogP contribution in [0.1, 0.15) is 58.2 Å². The highest BCUT2D eigenvalue weighted by Gasteiger charge is 2.21. The standard InChI is InChI=1S/C20H33N3O2/c1-7-17(16-11-9-15(3)10-12-16)21-18(24)13-23(8-2)14-19(25)22-20(4,5)6/h9-12,17H,7-8,13-14H2,1-6H3,(H,21,24)(H,22,25)/p+1/t17-/m1/s1. The van der Waals surface area contributed by atoms with E-state index in [4.69, 9.17) is 0 Å². The number of amides is 2. The summed E-state index contributed by atoms with van der Waals surface area (Å²) in [5, 5.41) is 6.05. The molecule has 0 saturated heterocycles. The van der Waals surface area contributed by atoms with Crippen molar-refractivity contribution >= 4 is 11.8 Å². The Bertz CT molecular complexity index is 561. The molecule has 0 fully saturated rings. The molecule has 0 aromatic heterocycles. The Labute approximate surface area is 152 Å². The van der Waals surface area contributed by atoms with E-state index in [1.54, 1.807) is 0 Å². The summed E-state index contributed by atoms with van der Waals surface area (Å²) in [5.74, 6) is -0.0458. The number of benzene rings is 1. The normalized spacial score (nSPS) is 13.8. The van der Waals surface area contributed by atoms with Gasteiger partial charge in [-0.3, -0.25) is 9.59 Å². The van der Waals surface area contributed by atoms with E-state index in [0.717, 1.165) is 23.4 Å². The van der Waals surface area contributed by atoms with Crippen molar-refractivity contribution in [3.8, 4) is 0 Å². The van der Waals surface area contributed by atoms with Crippen LogP contribution in [0.4, 0.5) is 0 Å². The summed E-state index contributed by atoms with van der Waals surface area (Å²) in [4.78, 5) is 25.5. The fourth-order valence-corrected chi connectivity index (χ4v) is 2.69. The second-order valence-corrected chi connectivity index (χ2v) is 7.69. The van der Waals surface area contributed by atoms with Gasteiger partial charge < -0.3 is 15.5 Å². The highest BCUT2D eigenvalue weighted by atomic mass is 16.2. The van der Waals surface area contributed by atoms with Gasteiger partial charge in [0.05, 0.1) is 12.6 Å². The number of carbonyl (C=O) groups is 2. The maximum Gasteiger partial charge on any atom is 0.275 e. The van der Waals surface area contributed by atoms with Crippen LogP contribution < -0.4 is 15.5 Å². The van der Waals surface area contributed by atoms with Crippen molar-refractivity contribution in [2.45, 2.75) is 59.5 Å². The summed E-state index contributed by atoms with van der Waals surface area (Å²) in [7, 11) is 0. The molecule has 2 amide bonds. The van der Waals surface area contributed by atoms with Crippen molar-refractivity contribution in [1.82, 2.24) is 10.6 Å². The molecule has 25 heavy (non-hydrogen) atoms. The summed E-state index contributed by atoms with van der Waals surface area (Å²) in [6.07, 6.45) is 0.834. The molecule has 0 saturated carbocycles. The molecule has 0 bridgehead atoms. The Kier molecular flexibility index (Phi) is 8.10. The van der Waals surface area contributed by atoms with Crippen molar-refractivity contribution in [3.05, 3.63) is 35.4 Å². The van der Waals surface area contributed by atoms with Gasteiger partial charge in [-0.25, -0.2) is 0 Å². The molecule has 5 nitrogen and oxygen atoms in total. The molecular weight excluding hydrogens is 314 g/mol. The molecule has 0 spiro atoms. The quantitative estimate of drug-likeness (QED) is 0.665. The average Bonchev–Trinajstić information content (AvgIpc) is 2.51. The number of carbonyl (C=O) groups excluding carboxylic acids is 2. The Morgan fingerprint density at radius 2 is 1.60 bits per heavy atom. The van der Waals surface area contributed by atoms with Crippen LogP contribution >= 0.6 is 0 Å². The van der Waals surface area contributed by atoms with Crippen molar-refractivity contribution in [2.75, 3.05) is 19.6 Å². The lowest BCUT2D eigenvalue weighted by molar-refractivity contribution is -0.881. The van der Waals surface area contributed by atoms with E-state index >= 15 is 0 Å². The minimum atomic E-state index is -0.253. The molecule has 1 aromatic rings.